The van der Waals surface area contributed by atoms with E-state index in [1.54, 1.807) is 12.1 Å². The first-order chi connectivity index (χ1) is 13.7. The molecule has 1 aliphatic heterocycles. The molecule has 1 aromatic rings. The van der Waals surface area contributed by atoms with Gasteiger partial charge in [-0.25, -0.2) is 4.39 Å². The Morgan fingerprint density at radius 1 is 1.14 bits per heavy atom. The second-order valence-electron chi connectivity index (χ2n) is 6.65. The number of guanidine groups is 1. The summed E-state index contributed by atoms with van der Waals surface area (Å²) in [7, 11) is 0. The first-order valence-corrected chi connectivity index (χ1v) is 10.0. The van der Waals surface area contributed by atoms with Crippen LogP contribution < -0.4 is 16.0 Å². The highest BCUT2D eigenvalue weighted by Crippen LogP contribution is 2.03. The van der Waals surface area contributed by atoms with Crippen molar-refractivity contribution in [3.8, 4) is 0 Å². The summed E-state index contributed by atoms with van der Waals surface area (Å²) in [6.07, 6.45) is 1.25. The van der Waals surface area contributed by atoms with Crippen molar-refractivity contribution in [2.24, 2.45) is 4.99 Å². The lowest BCUT2D eigenvalue weighted by Gasteiger charge is -2.26. The van der Waals surface area contributed by atoms with E-state index in [2.05, 4.69) is 25.8 Å². The Bertz CT molecular complexity index is 609. The van der Waals surface area contributed by atoms with E-state index in [4.69, 9.17) is 4.74 Å². The molecule has 164 valence electrons. The number of hydrogen-bond donors (Lipinski definition) is 3. The number of nitrogens with zero attached hydrogens (tertiary/aromatic N) is 2. The van der Waals surface area contributed by atoms with Crippen LogP contribution in [0.25, 0.3) is 0 Å². The molecule has 7 nitrogen and oxygen atoms in total. The fourth-order valence-corrected chi connectivity index (χ4v) is 2.88. The zero-order chi connectivity index (χ0) is 20.0. The minimum Gasteiger partial charge on any atom is -0.379 e. The molecule has 1 aromatic carbocycles. The number of nitrogens with one attached hydrogen (secondary N) is 3. The molecule has 0 aromatic heterocycles. The van der Waals surface area contributed by atoms with Gasteiger partial charge < -0.3 is 20.7 Å². The number of carbonyl (C=O) groups is 1. The van der Waals surface area contributed by atoms with Crippen molar-refractivity contribution in [2.75, 3.05) is 59.0 Å². The van der Waals surface area contributed by atoms with E-state index in [9.17, 15) is 9.18 Å². The van der Waals surface area contributed by atoms with Crippen molar-refractivity contribution < 1.29 is 13.9 Å². The van der Waals surface area contributed by atoms with Gasteiger partial charge in [0.1, 0.15) is 5.82 Å². The molecule has 2 rings (SSSR count). The fourth-order valence-electron chi connectivity index (χ4n) is 2.88. The molecule has 0 spiro atoms. The molecule has 0 aliphatic carbocycles. The third-order valence-electron chi connectivity index (χ3n) is 4.37. The van der Waals surface area contributed by atoms with E-state index in [-0.39, 0.29) is 42.1 Å². The maximum absolute atomic E-state index is 12.9. The number of halogens is 2. The van der Waals surface area contributed by atoms with E-state index in [0.717, 1.165) is 63.9 Å². The number of morpholine rings is 1. The number of ether oxygens (including phenoxy) is 1. The summed E-state index contributed by atoms with van der Waals surface area (Å²) in [5.74, 6) is 0.381. The molecule has 1 fully saturated rings. The third-order valence-corrected chi connectivity index (χ3v) is 4.37. The van der Waals surface area contributed by atoms with Crippen LogP contribution >= 0.6 is 24.0 Å². The summed E-state index contributed by atoms with van der Waals surface area (Å²) < 4.78 is 18.2. The summed E-state index contributed by atoms with van der Waals surface area (Å²) in [5.41, 5.74) is 0.794. The maximum atomic E-state index is 12.9. The molecule has 1 amide bonds. The monoisotopic (exact) mass is 521 g/mol. The first-order valence-electron chi connectivity index (χ1n) is 10.0. The molecular formula is C20H33FIN5O2. The molecule has 3 N–H and O–H groups in total. The first kappa shape index (κ1) is 25.6. The summed E-state index contributed by atoms with van der Waals surface area (Å²) in [6.45, 7) is 9.32. The Labute approximate surface area is 189 Å². The number of carbonyl (C=O) groups excluding carboxylic acids is 1. The van der Waals surface area contributed by atoms with E-state index in [1.807, 2.05) is 6.92 Å². The van der Waals surface area contributed by atoms with Gasteiger partial charge in [0, 0.05) is 45.8 Å². The van der Waals surface area contributed by atoms with E-state index in [1.165, 1.54) is 12.1 Å². The van der Waals surface area contributed by atoms with E-state index in [0.29, 0.717) is 13.1 Å². The molecule has 9 heteroatoms. The Morgan fingerprint density at radius 2 is 1.83 bits per heavy atom. The molecule has 0 atom stereocenters. The molecule has 1 aliphatic rings. The van der Waals surface area contributed by atoms with Crippen LogP contribution in [-0.4, -0.2) is 75.8 Å². The van der Waals surface area contributed by atoms with Crippen LogP contribution in [0.3, 0.4) is 0 Å². The van der Waals surface area contributed by atoms with E-state index < -0.39 is 0 Å². The highest BCUT2D eigenvalue weighted by atomic mass is 127. The van der Waals surface area contributed by atoms with Crippen LogP contribution in [0, 0.1) is 5.82 Å². The quantitative estimate of drug-likeness (QED) is 0.188. The lowest BCUT2D eigenvalue weighted by Crippen LogP contribution is -2.42. The third kappa shape index (κ3) is 11.3. The zero-order valence-corrected chi connectivity index (χ0v) is 19.4. The largest absolute Gasteiger partial charge is 0.379 e. The predicted molar refractivity (Wildman–Crippen MR) is 124 cm³/mol. The molecule has 1 saturated heterocycles. The Morgan fingerprint density at radius 3 is 2.52 bits per heavy atom. The Hall–Kier alpha value is -1.46. The Kier molecular flexibility index (Phi) is 13.6. The Balaban J connectivity index is 0.00000420. The lowest BCUT2D eigenvalue weighted by molar-refractivity contribution is -0.120. The van der Waals surface area contributed by atoms with Gasteiger partial charge in [-0.05, 0) is 31.0 Å². The van der Waals surface area contributed by atoms with Gasteiger partial charge >= 0.3 is 0 Å². The molecule has 0 saturated carbocycles. The van der Waals surface area contributed by atoms with Gasteiger partial charge in [-0.2, -0.15) is 0 Å². The average molecular weight is 521 g/mol. The van der Waals surface area contributed by atoms with Gasteiger partial charge in [-0.15, -0.1) is 24.0 Å². The van der Waals surface area contributed by atoms with Gasteiger partial charge in [-0.1, -0.05) is 12.1 Å². The summed E-state index contributed by atoms with van der Waals surface area (Å²) in [4.78, 5) is 18.9. The minimum absolute atomic E-state index is 0. The summed E-state index contributed by atoms with van der Waals surface area (Å²) >= 11 is 0. The van der Waals surface area contributed by atoms with Crippen molar-refractivity contribution in [3.63, 3.8) is 0 Å². The molecule has 0 unspecified atom stereocenters. The van der Waals surface area contributed by atoms with Gasteiger partial charge in [0.25, 0.3) is 0 Å². The summed E-state index contributed by atoms with van der Waals surface area (Å²) in [6, 6.07) is 5.98. The number of hydrogen-bond acceptors (Lipinski definition) is 4. The molecule has 29 heavy (non-hydrogen) atoms. The molecule has 0 radical (unpaired) electrons. The average Bonchev–Trinajstić information content (AvgIpc) is 2.71. The van der Waals surface area contributed by atoms with Crippen molar-refractivity contribution in [3.05, 3.63) is 35.6 Å². The minimum atomic E-state index is -0.298. The molecule has 0 bridgehead atoms. The number of benzene rings is 1. The van der Waals surface area contributed by atoms with Crippen molar-refractivity contribution >= 4 is 35.8 Å². The zero-order valence-electron chi connectivity index (χ0n) is 17.1. The second kappa shape index (κ2) is 15.4. The highest BCUT2D eigenvalue weighted by molar-refractivity contribution is 14.0. The van der Waals surface area contributed by atoms with Crippen molar-refractivity contribution in [1.82, 2.24) is 20.9 Å². The number of aliphatic imine (C=N–C) groups is 1. The standard InChI is InChI=1S/C20H32FN5O2.HI/c1-2-22-20(24-8-3-11-26-12-14-28-15-13-26)25-10-9-23-19(27)16-17-4-6-18(21)7-5-17;/h4-7H,2-3,8-16H2,1H3,(H,23,27)(H2,22,24,25);1H. The summed E-state index contributed by atoms with van der Waals surface area (Å²) in [5, 5.41) is 9.30. The van der Waals surface area contributed by atoms with Crippen LogP contribution in [0.15, 0.2) is 29.3 Å². The fraction of sp³-hybridized carbons (Fsp3) is 0.600. The van der Waals surface area contributed by atoms with Crippen LogP contribution in [-0.2, 0) is 16.0 Å². The van der Waals surface area contributed by atoms with Crippen molar-refractivity contribution in [1.29, 1.82) is 0 Å². The predicted octanol–water partition coefficient (Wildman–Crippen LogP) is 1.38. The van der Waals surface area contributed by atoms with Crippen LogP contribution in [0.4, 0.5) is 4.39 Å². The normalized spacial score (nSPS) is 14.8. The van der Waals surface area contributed by atoms with Gasteiger partial charge in [-0.3, -0.25) is 14.7 Å². The maximum Gasteiger partial charge on any atom is 0.224 e. The van der Waals surface area contributed by atoms with Crippen LogP contribution in [0.2, 0.25) is 0 Å². The lowest BCUT2D eigenvalue weighted by atomic mass is 10.1. The van der Waals surface area contributed by atoms with Crippen molar-refractivity contribution in [2.45, 2.75) is 19.8 Å². The molecule has 1 heterocycles. The highest BCUT2D eigenvalue weighted by Gasteiger charge is 2.09. The van der Waals surface area contributed by atoms with Gasteiger partial charge in [0.15, 0.2) is 5.96 Å². The SMILES string of the molecule is CCNC(=NCCCN1CCOCC1)NCCNC(=O)Cc1ccc(F)cc1.I. The molecular weight excluding hydrogens is 488 g/mol. The van der Waals surface area contributed by atoms with E-state index >= 15 is 0 Å². The smallest absolute Gasteiger partial charge is 0.224 e. The second-order valence-corrected chi connectivity index (χ2v) is 6.65. The van der Waals surface area contributed by atoms with Gasteiger partial charge in [0.05, 0.1) is 19.6 Å². The van der Waals surface area contributed by atoms with Gasteiger partial charge in [0.2, 0.25) is 5.91 Å². The number of amides is 1. The topological polar surface area (TPSA) is 78.0 Å². The van der Waals surface area contributed by atoms with Crippen LogP contribution in [0.5, 0.6) is 0 Å². The van der Waals surface area contributed by atoms with Crippen LogP contribution in [0.1, 0.15) is 18.9 Å². The number of rotatable bonds is 10.